The molecule has 0 unspecified atom stereocenters. The number of nitrogens with two attached hydrogens (primary N) is 2. The summed E-state index contributed by atoms with van der Waals surface area (Å²) >= 11 is 0. The van der Waals surface area contributed by atoms with Crippen molar-refractivity contribution in [3.8, 4) is 11.6 Å². The molecule has 2 rings (SSSR count). The fourth-order valence-electron chi connectivity index (χ4n) is 1.29. The second-order valence-electron chi connectivity index (χ2n) is 3.84. The first-order valence-electron chi connectivity index (χ1n) is 5.16. The van der Waals surface area contributed by atoms with Crippen LogP contribution in [0.15, 0.2) is 18.5 Å². The lowest BCUT2D eigenvalue weighted by Gasteiger charge is -2.04. The first-order chi connectivity index (χ1) is 8.04. The highest BCUT2D eigenvalue weighted by Crippen LogP contribution is 2.21. The number of anilines is 2. The van der Waals surface area contributed by atoms with E-state index in [9.17, 15) is 0 Å². The van der Waals surface area contributed by atoms with Gasteiger partial charge in [0.05, 0.1) is 12.4 Å². The molecule has 0 aliphatic rings. The molecule has 0 aliphatic carbocycles. The van der Waals surface area contributed by atoms with Crippen LogP contribution < -0.4 is 16.2 Å². The number of hydrogen-bond donors (Lipinski definition) is 2. The summed E-state index contributed by atoms with van der Waals surface area (Å²) in [5.74, 6) is 1.23. The van der Waals surface area contributed by atoms with Gasteiger partial charge in [-0.05, 0) is 13.8 Å². The number of aromatic nitrogens is 4. The minimum absolute atomic E-state index is 0.0799. The van der Waals surface area contributed by atoms with Crippen molar-refractivity contribution < 1.29 is 4.74 Å². The van der Waals surface area contributed by atoms with Crippen molar-refractivity contribution in [1.82, 2.24) is 19.7 Å². The molecule has 2 aromatic rings. The third-order valence-electron chi connectivity index (χ3n) is 2.07. The Bertz CT molecular complexity index is 501. The number of nitrogens with zero attached hydrogens (tertiary/aromatic N) is 4. The summed E-state index contributed by atoms with van der Waals surface area (Å²) in [5.41, 5.74) is 11.0. The summed E-state index contributed by atoms with van der Waals surface area (Å²) in [6.45, 7) is 4.05. The molecule has 0 atom stereocenters. The standard InChI is InChI=1S/C10H14N6O/c1-6(2)16-5-7(4-13-16)17-9-3-8(11)14-10(12)15-9/h3-6H,1-2H3,(H4,11,12,14,15). The van der Waals surface area contributed by atoms with Gasteiger partial charge in [-0.15, -0.1) is 0 Å². The third kappa shape index (κ3) is 2.63. The van der Waals surface area contributed by atoms with Crippen LogP contribution in [0.4, 0.5) is 11.8 Å². The Labute approximate surface area is 98.4 Å². The van der Waals surface area contributed by atoms with Gasteiger partial charge in [0.2, 0.25) is 11.8 Å². The van der Waals surface area contributed by atoms with Crippen LogP contribution in [0.2, 0.25) is 0 Å². The molecule has 2 aromatic heterocycles. The second kappa shape index (κ2) is 4.28. The van der Waals surface area contributed by atoms with Gasteiger partial charge in [-0.2, -0.15) is 15.1 Å². The summed E-state index contributed by atoms with van der Waals surface area (Å²) in [5, 5.41) is 4.14. The molecule has 0 spiro atoms. The average molecular weight is 234 g/mol. The van der Waals surface area contributed by atoms with Gasteiger partial charge in [-0.25, -0.2) is 0 Å². The number of rotatable bonds is 3. The van der Waals surface area contributed by atoms with E-state index in [2.05, 4.69) is 15.1 Å². The van der Waals surface area contributed by atoms with Gasteiger partial charge in [-0.1, -0.05) is 0 Å². The van der Waals surface area contributed by atoms with Gasteiger partial charge in [0.1, 0.15) is 5.82 Å². The maximum atomic E-state index is 5.53. The number of hydrogen-bond acceptors (Lipinski definition) is 6. The van der Waals surface area contributed by atoms with Gasteiger partial charge >= 0.3 is 0 Å². The van der Waals surface area contributed by atoms with Crippen LogP contribution in [0, 0.1) is 0 Å². The van der Waals surface area contributed by atoms with Crippen LogP contribution in [-0.4, -0.2) is 19.7 Å². The van der Waals surface area contributed by atoms with Gasteiger partial charge in [0.15, 0.2) is 5.75 Å². The van der Waals surface area contributed by atoms with Gasteiger partial charge in [0.25, 0.3) is 0 Å². The fourth-order valence-corrected chi connectivity index (χ4v) is 1.29. The molecule has 0 fully saturated rings. The van der Waals surface area contributed by atoms with Gasteiger partial charge in [-0.3, -0.25) is 4.68 Å². The number of nitrogen functional groups attached to an aromatic ring is 2. The van der Waals surface area contributed by atoms with Crippen molar-refractivity contribution in [3.05, 3.63) is 18.5 Å². The van der Waals surface area contributed by atoms with Crippen LogP contribution in [0.3, 0.4) is 0 Å². The maximum absolute atomic E-state index is 5.53. The predicted molar refractivity (Wildman–Crippen MR) is 63.5 cm³/mol. The Morgan fingerprint density at radius 1 is 1.29 bits per heavy atom. The van der Waals surface area contributed by atoms with E-state index in [0.717, 1.165) is 0 Å². The second-order valence-corrected chi connectivity index (χ2v) is 3.84. The molecular formula is C10H14N6O. The van der Waals surface area contributed by atoms with Crippen molar-refractivity contribution in [3.63, 3.8) is 0 Å². The minimum Gasteiger partial charge on any atom is -0.435 e. The normalized spacial score (nSPS) is 10.8. The highest BCUT2D eigenvalue weighted by molar-refractivity contribution is 5.39. The van der Waals surface area contributed by atoms with Crippen LogP contribution >= 0.6 is 0 Å². The first kappa shape index (κ1) is 11.2. The van der Waals surface area contributed by atoms with Crippen LogP contribution in [0.5, 0.6) is 11.6 Å². The number of ether oxygens (including phenoxy) is 1. The summed E-state index contributed by atoms with van der Waals surface area (Å²) in [7, 11) is 0. The topological polar surface area (TPSA) is 105 Å². The van der Waals surface area contributed by atoms with Gasteiger partial charge in [0, 0.05) is 12.1 Å². The lowest BCUT2D eigenvalue weighted by atomic mass is 10.4. The predicted octanol–water partition coefficient (Wildman–Crippen LogP) is 1.21. The molecule has 2 heterocycles. The molecule has 17 heavy (non-hydrogen) atoms. The molecule has 0 bridgehead atoms. The van der Waals surface area contributed by atoms with Crippen molar-refractivity contribution in [1.29, 1.82) is 0 Å². The molecule has 7 nitrogen and oxygen atoms in total. The van der Waals surface area contributed by atoms with Crippen molar-refractivity contribution >= 4 is 11.8 Å². The van der Waals surface area contributed by atoms with Crippen molar-refractivity contribution in [2.75, 3.05) is 11.5 Å². The highest BCUT2D eigenvalue weighted by atomic mass is 16.5. The van der Waals surface area contributed by atoms with Crippen LogP contribution in [0.1, 0.15) is 19.9 Å². The van der Waals surface area contributed by atoms with E-state index in [0.29, 0.717) is 11.6 Å². The maximum Gasteiger partial charge on any atom is 0.226 e. The van der Waals surface area contributed by atoms with E-state index in [-0.39, 0.29) is 17.8 Å². The van der Waals surface area contributed by atoms with Crippen molar-refractivity contribution in [2.45, 2.75) is 19.9 Å². The van der Waals surface area contributed by atoms with Crippen LogP contribution in [-0.2, 0) is 0 Å². The quantitative estimate of drug-likeness (QED) is 0.827. The van der Waals surface area contributed by atoms with E-state index in [4.69, 9.17) is 16.2 Å². The van der Waals surface area contributed by atoms with Crippen molar-refractivity contribution in [2.24, 2.45) is 0 Å². The van der Waals surface area contributed by atoms with Gasteiger partial charge < -0.3 is 16.2 Å². The molecular weight excluding hydrogens is 220 g/mol. The van der Waals surface area contributed by atoms with E-state index in [1.165, 1.54) is 6.07 Å². The summed E-state index contributed by atoms with van der Waals surface area (Å²) < 4.78 is 7.26. The molecule has 0 aliphatic heterocycles. The molecule has 0 saturated heterocycles. The lowest BCUT2D eigenvalue weighted by Crippen LogP contribution is -2.01. The molecule has 4 N–H and O–H groups in total. The largest absolute Gasteiger partial charge is 0.435 e. The Morgan fingerprint density at radius 2 is 2.06 bits per heavy atom. The van der Waals surface area contributed by atoms with E-state index in [1.54, 1.807) is 17.1 Å². The monoisotopic (exact) mass is 234 g/mol. The third-order valence-corrected chi connectivity index (χ3v) is 2.07. The fraction of sp³-hybridized carbons (Fsp3) is 0.300. The highest BCUT2D eigenvalue weighted by Gasteiger charge is 2.06. The Kier molecular flexibility index (Phi) is 2.82. The minimum atomic E-state index is 0.0799. The van der Waals surface area contributed by atoms with E-state index >= 15 is 0 Å². The molecule has 0 amide bonds. The Balaban J connectivity index is 2.19. The average Bonchev–Trinajstić information content (AvgIpc) is 2.64. The molecule has 0 radical (unpaired) electrons. The zero-order chi connectivity index (χ0) is 12.4. The molecule has 0 aromatic carbocycles. The zero-order valence-electron chi connectivity index (χ0n) is 9.66. The lowest BCUT2D eigenvalue weighted by molar-refractivity contribution is 0.459. The molecule has 7 heteroatoms. The van der Waals surface area contributed by atoms with E-state index in [1.807, 2.05) is 13.8 Å². The first-order valence-corrected chi connectivity index (χ1v) is 5.16. The SMILES string of the molecule is CC(C)n1cc(Oc2cc(N)nc(N)n2)cn1. The Hall–Kier alpha value is -2.31. The summed E-state index contributed by atoms with van der Waals surface area (Å²) in [6.07, 6.45) is 3.38. The zero-order valence-corrected chi connectivity index (χ0v) is 9.66. The molecule has 0 saturated carbocycles. The smallest absolute Gasteiger partial charge is 0.226 e. The molecule has 90 valence electrons. The Morgan fingerprint density at radius 3 is 2.65 bits per heavy atom. The van der Waals surface area contributed by atoms with Crippen LogP contribution in [0.25, 0.3) is 0 Å². The van der Waals surface area contributed by atoms with E-state index < -0.39 is 0 Å². The summed E-state index contributed by atoms with van der Waals surface area (Å²) in [6, 6.07) is 1.77. The summed E-state index contributed by atoms with van der Waals surface area (Å²) in [4.78, 5) is 7.66.